The lowest BCUT2D eigenvalue weighted by molar-refractivity contribution is -0.132. The Balaban J connectivity index is 1.91. The number of nitrogens with zero attached hydrogens (tertiary/aromatic N) is 1. The van der Waals surface area contributed by atoms with Crippen molar-refractivity contribution in [2.75, 3.05) is 32.1 Å². The van der Waals surface area contributed by atoms with Gasteiger partial charge in [-0.2, -0.15) is 0 Å². The van der Waals surface area contributed by atoms with E-state index in [4.69, 9.17) is 9.47 Å². The van der Waals surface area contributed by atoms with Crippen LogP contribution in [-0.2, 0) is 20.7 Å². The van der Waals surface area contributed by atoms with Crippen LogP contribution in [0.1, 0.15) is 29.8 Å². The van der Waals surface area contributed by atoms with Crippen molar-refractivity contribution in [2.24, 2.45) is 0 Å². The molecule has 0 spiro atoms. The molecule has 29 heavy (non-hydrogen) atoms. The summed E-state index contributed by atoms with van der Waals surface area (Å²) in [5.74, 6) is -0.151. The number of hydrogen-bond donors (Lipinski definition) is 1. The van der Waals surface area contributed by atoms with Gasteiger partial charge in [0.05, 0.1) is 25.8 Å². The lowest BCUT2D eigenvalue weighted by Gasteiger charge is -2.20. The summed E-state index contributed by atoms with van der Waals surface area (Å²) in [7, 11) is 1.60. The fraction of sp³-hybridized carbons (Fsp3) is 0.318. The van der Waals surface area contributed by atoms with E-state index in [1.54, 1.807) is 38.3 Å². The maximum absolute atomic E-state index is 12.3. The maximum atomic E-state index is 12.3. The number of rotatable bonds is 9. The Morgan fingerprint density at radius 3 is 2.41 bits per heavy atom. The number of amides is 2. The van der Waals surface area contributed by atoms with Crippen molar-refractivity contribution in [3.8, 4) is 5.75 Å². The molecule has 0 aliphatic carbocycles. The van der Waals surface area contributed by atoms with Gasteiger partial charge in [-0.3, -0.25) is 9.59 Å². The number of benzene rings is 2. The molecular weight excluding hydrogens is 372 g/mol. The molecule has 0 atom stereocenters. The van der Waals surface area contributed by atoms with Gasteiger partial charge in [0.2, 0.25) is 11.8 Å². The number of anilines is 1. The zero-order chi connectivity index (χ0) is 21.2. The highest BCUT2D eigenvalue weighted by molar-refractivity contribution is 5.95. The van der Waals surface area contributed by atoms with Crippen LogP contribution < -0.4 is 10.1 Å². The highest BCUT2D eigenvalue weighted by Gasteiger charge is 2.14. The molecule has 0 heterocycles. The van der Waals surface area contributed by atoms with Gasteiger partial charge in [-0.05, 0) is 55.3 Å². The first-order chi connectivity index (χ1) is 13.9. The third-order valence-corrected chi connectivity index (χ3v) is 4.26. The molecule has 0 fully saturated rings. The number of methoxy groups -OCH3 is 1. The van der Waals surface area contributed by atoms with Gasteiger partial charge < -0.3 is 19.7 Å². The number of nitrogens with one attached hydrogen (secondary N) is 1. The molecule has 2 aromatic rings. The fourth-order valence-corrected chi connectivity index (χ4v) is 2.72. The third-order valence-electron chi connectivity index (χ3n) is 4.26. The first kappa shape index (κ1) is 21.9. The van der Waals surface area contributed by atoms with Crippen LogP contribution in [0.2, 0.25) is 0 Å². The minimum atomic E-state index is -0.411. The largest absolute Gasteiger partial charge is 0.497 e. The van der Waals surface area contributed by atoms with Crippen LogP contribution in [0.5, 0.6) is 5.75 Å². The molecule has 0 saturated heterocycles. The van der Waals surface area contributed by atoms with Crippen LogP contribution in [-0.4, -0.2) is 49.5 Å². The standard InChI is InChI=1S/C22H26N2O5/c1-4-29-22(27)18-8-10-19(11-9-18)23-21(26)15-24(16(2)25)13-12-17-6-5-7-20(14-17)28-3/h5-11,14H,4,12-13,15H2,1-3H3,(H,23,26). The van der Waals surface area contributed by atoms with Gasteiger partial charge in [0.25, 0.3) is 0 Å². The summed E-state index contributed by atoms with van der Waals surface area (Å²) in [4.78, 5) is 37.4. The van der Waals surface area contributed by atoms with E-state index in [-0.39, 0.29) is 18.4 Å². The zero-order valence-electron chi connectivity index (χ0n) is 16.9. The Morgan fingerprint density at radius 1 is 1.07 bits per heavy atom. The minimum absolute atomic E-state index is 0.0566. The molecule has 0 unspecified atom stereocenters. The molecule has 1 N–H and O–H groups in total. The summed E-state index contributed by atoms with van der Waals surface area (Å²) in [5, 5.41) is 2.74. The summed E-state index contributed by atoms with van der Waals surface area (Å²) in [6, 6.07) is 14.0. The lowest BCUT2D eigenvalue weighted by atomic mass is 10.1. The molecule has 154 valence electrons. The third kappa shape index (κ3) is 6.95. The number of hydrogen-bond acceptors (Lipinski definition) is 5. The SMILES string of the molecule is CCOC(=O)c1ccc(NC(=O)CN(CCc2cccc(OC)c2)C(C)=O)cc1. The molecule has 2 aromatic carbocycles. The Hall–Kier alpha value is -3.35. The van der Waals surface area contributed by atoms with E-state index in [1.165, 1.54) is 11.8 Å². The summed E-state index contributed by atoms with van der Waals surface area (Å²) in [6.45, 7) is 3.83. The molecular formula is C22H26N2O5. The van der Waals surface area contributed by atoms with Crippen molar-refractivity contribution in [3.63, 3.8) is 0 Å². The Bertz CT molecular complexity index is 849. The number of ether oxygens (including phenoxy) is 2. The molecule has 0 aliphatic heterocycles. The van der Waals surface area contributed by atoms with Crippen molar-refractivity contribution in [1.82, 2.24) is 4.90 Å². The normalized spacial score (nSPS) is 10.2. The van der Waals surface area contributed by atoms with E-state index in [9.17, 15) is 14.4 Å². The summed E-state index contributed by atoms with van der Waals surface area (Å²) in [6.07, 6.45) is 0.609. The van der Waals surface area contributed by atoms with Gasteiger partial charge in [-0.15, -0.1) is 0 Å². The number of carbonyl (C=O) groups excluding carboxylic acids is 3. The van der Waals surface area contributed by atoms with Gasteiger partial charge >= 0.3 is 5.97 Å². The first-order valence-electron chi connectivity index (χ1n) is 9.38. The second-order valence-electron chi connectivity index (χ2n) is 6.39. The maximum Gasteiger partial charge on any atom is 0.338 e. The van der Waals surface area contributed by atoms with Gasteiger partial charge in [0.1, 0.15) is 5.75 Å². The molecule has 0 saturated carbocycles. The smallest absolute Gasteiger partial charge is 0.338 e. The molecule has 7 heteroatoms. The van der Waals surface area contributed by atoms with E-state index in [2.05, 4.69) is 5.32 Å². The Kier molecular flexibility index (Phi) is 8.21. The predicted molar refractivity (Wildman–Crippen MR) is 110 cm³/mol. The van der Waals surface area contributed by atoms with Crippen molar-refractivity contribution < 1.29 is 23.9 Å². The van der Waals surface area contributed by atoms with Crippen LogP contribution in [0.25, 0.3) is 0 Å². The number of esters is 1. The van der Waals surface area contributed by atoms with Gasteiger partial charge in [0, 0.05) is 19.2 Å². The second-order valence-corrected chi connectivity index (χ2v) is 6.39. The van der Waals surface area contributed by atoms with E-state index in [0.717, 1.165) is 11.3 Å². The van der Waals surface area contributed by atoms with Crippen LogP contribution >= 0.6 is 0 Å². The molecule has 7 nitrogen and oxygen atoms in total. The van der Waals surface area contributed by atoms with E-state index in [0.29, 0.717) is 30.8 Å². The van der Waals surface area contributed by atoms with Crippen molar-refractivity contribution in [3.05, 3.63) is 59.7 Å². The average Bonchev–Trinajstić information content (AvgIpc) is 2.71. The van der Waals surface area contributed by atoms with Gasteiger partial charge in [-0.1, -0.05) is 12.1 Å². The molecule has 0 bridgehead atoms. The average molecular weight is 398 g/mol. The summed E-state index contributed by atoms with van der Waals surface area (Å²) < 4.78 is 10.1. The Morgan fingerprint density at radius 2 is 1.79 bits per heavy atom. The van der Waals surface area contributed by atoms with Crippen LogP contribution in [0, 0.1) is 0 Å². The van der Waals surface area contributed by atoms with E-state index >= 15 is 0 Å². The van der Waals surface area contributed by atoms with Crippen LogP contribution in [0.4, 0.5) is 5.69 Å². The van der Waals surface area contributed by atoms with Gasteiger partial charge in [-0.25, -0.2) is 4.79 Å². The lowest BCUT2D eigenvalue weighted by Crippen LogP contribution is -2.38. The van der Waals surface area contributed by atoms with Crippen molar-refractivity contribution in [2.45, 2.75) is 20.3 Å². The zero-order valence-corrected chi connectivity index (χ0v) is 16.9. The van der Waals surface area contributed by atoms with E-state index in [1.807, 2.05) is 24.3 Å². The quantitative estimate of drug-likeness (QED) is 0.657. The molecule has 2 rings (SSSR count). The first-order valence-corrected chi connectivity index (χ1v) is 9.38. The van der Waals surface area contributed by atoms with Crippen molar-refractivity contribution >= 4 is 23.5 Å². The van der Waals surface area contributed by atoms with Crippen molar-refractivity contribution in [1.29, 1.82) is 0 Å². The fourth-order valence-electron chi connectivity index (χ4n) is 2.72. The summed E-state index contributed by atoms with van der Waals surface area (Å²) >= 11 is 0. The minimum Gasteiger partial charge on any atom is -0.497 e. The van der Waals surface area contributed by atoms with Crippen LogP contribution in [0.15, 0.2) is 48.5 Å². The number of carbonyl (C=O) groups is 3. The van der Waals surface area contributed by atoms with Gasteiger partial charge in [0.15, 0.2) is 0 Å². The summed E-state index contributed by atoms with van der Waals surface area (Å²) in [5.41, 5.74) is 1.97. The monoisotopic (exact) mass is 398 g/mol. The topological polar surface area (TPSA) is 84.9 Å². The molecule has 0 aromatic heterocycles. The molecule has 0 radical (unpaired) electrons. The second kappa shape index (κ2) is 10.8. The van der Waals surface area contributed by atoms with E-state index < -0.39 is 5.97 Å². The van der Waals surface area contributed by atoms with Crippen LogP contribution in [0.3, 0.4) is 0 Å². The predicted octanol–water partition coefficient (Wildman–Crippen LogP) is 2.90. The Labute approximate surface area is 170 Å². The highest BCUT2D eigenvalue weighted by Crippen LogP contribution is 2.14. The molecule has 0 aliphatic rings. The molecule has 2 amide bonds. The highest BCUT2D eigenvalue weighted by atomic mass is 16.5.